The molecule has 2 aromatic rings. The van der Waals surface area contributed by atoms with E-state index in [0.29, 0.717) is 19.0 Å². The molecule has 0 bridgehead atoms. The highest BCUT2D eigenvalue weighted by Gasteiger charge is 2.30. The Hall–Kier alpha value is -1.52. The molecule has 1 fully saturated rings. The minimum atomic E-state index is -0.207. The molecule has 0 amide bonds. The molecule has 4 heteroatoms. The zero-order valence-corrected chi connectivity index (χ0v) is 12.1. The van der Waals surface area contributed by atoms with E-state index in [-0.39, 0.29) is 6.10 Å². The fourth-order valence-electron chi connectivity index (χ4n) is 2.62. The van der Waals surface area contributed by atoms with Gasteiger partial charge in [-0.3, -0.25) is 4.90 Å². The summed E-state index contributed by atoms with van der Waals surface area (Å²) in [6.07, 6.45) is 2.13. The quantitative estimate of drug-likeness (QED) is 0.905. The lowest BCUT2D eigenvalue weighted by Gasteiger charge is -2.19. The monoisotopic (exact) mass is 271 g/mol. The number of aliphatic hydroxyl groups excluding tert-OH is 1. The van der Waals surface area contributed by atoms with Crippen LogP contribution in [0.1, 0.15) is 24.4 Å². The van der Waals surface area contributed by atoms with Gasteiger partial charge >= 0.3 is 0 Å². The Morgan fingerprint density at radius 2 is 2.05 bits per heavy atom. The van der Waals surface area contributed by atoms with Crippen LogP contribution in [0.15, 0.2) is 24.3 Å². The van der Waals surface area contributed by atoms with Crippen molar-refractivity contribution in [1.29, 1.82) is 0 Å². The average molecular weight is 271 g/mol. The normalized spacial score (nSPS) is 16.8. The highest BCUT2D eigenvalue weighted by atomic mass is 16.3. The smallest absolute Gasteiger partial charge is 0.143 e. The van der Waals surface area contributed by atoms with Crippen molar-refractivity contribution in [2.24, 2.45) is 5.92 Å². The SMILES string of the molecule is Cc1nc(CN(C)CC(O)C2CC2)nc2ccccc12. The van der Waals surface area contributed by atoms with E-state index in [1.165, 1.54) is 12.8 Å². The largest absolute Gasteiger partial charge is 0.392 e. The third-order valence-electron chi connectivity index (χ3n) is 3.92. The molecule has 0 radical (unpaired) electrons. The second-order valence-electron chi connectivity index (χ2n) is 5.84. The number of benzene rings is 1. The van der Waals surface area contributed by atoms with Gasteiger partial charge in [0, 0.05) is 17.6 Å². The molecule has 1 aromatic carbocycles. The average Bonchev–Trinajstić information content (AvgIpc) is 3.22. The molecule has 1 N–H and O–H groups in total. The number of nitrogens with zero attached hydrogens (tertiary/aromatic N) is 3. The summed E-state index contributed by atoms with van der Waals surface area (Å²) >= 11 is 0. The molecule has 1 unspecified atom stereocenters. The van der Waals surface area contributed by atoms with Crippen molar-refractivity contribution in [2.75, 3.05) is 13.6 Å². The van der Waals surface area contributed by atoms with E-state index in [0.717, 1.165) is 22.4 Å². The molecule has 1 saturated carbocycles. The molecule has 3 rings (SSSR count). The minimum Gasteiger partial charge on any atom is -0.392 e. The van der Waals surface area contributed by atoms with Crippen molar-refractivity contribution in [2.45, 2.75) is 32.4 Å². The fourth-order valence-corrected chi connectivity index (χ4v) is 2.62. The summed E-state index contributed by atoms with van der Waals surface area (Å²) in [7, 11) is 2.01. The Bertz CT molecular complexity index is 610. The van der Waals surface area contributed by atoms with Crippen LogP contribution in [-0.4, -0.2) is 39.7 Å². The van der Waals surface area contributed by atoms with Crippen LogP contribution < -0.4 is 0 Å². The molecule has 4 nitrogen and oxygen atoms in total. The van der Waals surface area contributed by atoms with Gasteiger partial charge in [0.15, 0.2) is 0 Å². The van der Waals surface area contributed by atoms with E-state index in [9.17, 15) is 5.11 Å². The van der Waals surface area contributed by atoms with Crippen molar-refractivity contribution in [3.05, 3.63) is 35.8 Å². The van der Waals surface area contributed by atoms with Gasteiger partial charge in [-0.1, -0.05) is 18.2 Å². The van der Waals surface area contributed by atoms with Crippen LogP contribution in [-0.2, 0) is 6.54 Å². The molecular weight excluding hydrogens is 250 g/mol. The second-order valence-corrected chi connectivity index (χ2v) is 5.84. The van der Waals surface area contributed by atoms with Crippen molar-refractivity contribution < 1.29 is 5.11 Å². The first-order valence-electron chi connectivity index (χ1n) is 7.22. The summed E-state index contributed by atoms with van der Waals surface area (Å²) < 4.78 is 0. The van der Waals surface area contributed by atoms with Gasteiger partial charge in [0.05, 0.1) is 18.2 Å². The first-order valence-corrected chi connectivity index (χ1v) is 7.22. The van der Waals surface area contributed by atoms with E-state index in [4.69, 9.17) is 0 Å². The lowest BCUT2D eigenvalue weighted by Crippen LogP contribution is -2.30. The Morgan fingerprint density at radius 1 is 1.30 bits per heavy atom. The van der Waals surface area contributed by atoms with Crippen LogP contribution in [0, 0.1) is 12.8 Å². The van der Waals surface area contributed by atoms with Crippen LogP contribution >= 0.6 is 0 Å². The van der Waals surface area contributed by atoms with E-state index in [1.54, 1.807) is 0 Å². The van der Waals surface area contributed by atoms with Crippen LogP contribution in [0.3, 0.4) is 0 Å². The molecular formula is C16H21N3O. The first-order chi connectivity index (χ1) is 9.63. The third kappa shape index (κ3) is 2.97. The topological polar surface area (TPSA) is 49.2 Å². The number of fused-ring (bicyclic) bond motifs is 1. The zero-order valence-electron chi connectivity index (χ0n) is 12.1. The van der Waals surface area contributed by atoms with Gasteiger partial charge in [-0.25, -0.2) is 9.97 Å². The van der Waals surface area contributed by atoms with Gasteiger partial charge < -0.3 is 5.11 Å². The molecule has 1 atom stereocenters. The third-order valence-corrected chi connectivity index (χ3v) is 3.92. The summed E-state index contributed by atoms with van der Waals surface area (Å²) in [4.78, 5) is 11.3. The van der Waals surface area contributed by atoms with E-state index in [2.05, 4.69) is 20.9 Å². The number of likely N-dealkylation sites (N-methyl/N-ethyl adjacent to an activating group) is 1. The van der Waals surface area contributed by atoms with Gasteiger partial charge in [0.1, 0.15) is 5.82 Å². The predicted molar refractivity (Wildman–Crippen MR) is 79.3 cm³/mol. The molecule has 106 valence electrons. The maximum Gasteiger partial charge on any atom is 0.143 e. The number of aliphatic hydroxyl groups is 1. The molecule has 1 aromatic heterocycles. The highest BCUT2D eigenvalue weighted by molar-refractivity contribution is 5.80. The van der Waals surface area contributed by atoms with Crippen LogP contribution in [0.25, 0.3) is 10.9 Å². The Labute approximate surface area is 119 Å². The Kier molecular flexibility index (Phi) is 3.68. The first kappa shape index (κ1) is 13.5. The summed E-state index contributed by atoms with van der Waals surface area (Å²) in [5.41, 5.74) is 2.01. The molecule has 0 aliphatic heterocycles. The van der Waals surface area contributed by atoms with Gasteiger partial charge in [-0.15, -0.1) is 0 Å². The molecule has 1 aliphatic carbocycles. The van der Waals surface area contributed by atoms with E-state index < -0.39 is 0 Å². The Balaban J connectivity index is 1.73. The maximum atomic E-state index is 9.98. The standard InChI is InChI=1S/C16H21N3O/c1-11-13-5-3-4-6-14(13)18-16(17-11)10-19(2)9-15(20)12-7-8-12/h3-6,12,15,20H,7-10H2,1-2H3. The maximum absolute atomic E-state index is 9.98. The summed E-state index contributed by atoms with van der Waals surface area (Å²) in [5.74, 6) is 1.34. The van der Waals surface area contributed by atoms with Crippen molar-refractivity contribution in [3.63, 3.8) is 0 Å². The number of rotatable bonds is 5. The van der Waals surface area contributed by atoms with Crippen LogP contribution in [0.2, 0.25) is 0 Å². The van der Waals surface area contributed by atoms with Crippen molar-refractivity contribution in [1.82, 2.24) is 14.9 Å². The Morgan fingerprint density at radius 3 is 2.80 bits per heavy atom. The number of para-hydroxylation sites is 1. The second kappa shape index (κ2) is 5.46. The van der Waals surface area contributed by atoms with Crippen molar-refractivity contribution in [3.8, 4) is 0 Å². The molecule has 0 spiro atoms. The predicted octanol–water partition coefficient (Wildman–Crippen LogP) is 2.14. The van der Waals surface area contributed by atoms with Gasteiger partial charge in [0.25, 0.3) is 0 Å². The minimum absolute atomic E-state index is 0.207. The van der Waals surface area contributed by atoms with Gasteiger partial charge in [-0.2, -0.15) is 0 Å². The summed E-state index contributed by atoms with van der Waals surface area (Å²) in [5, 5.41) is 11.1. The summed E-state index contributed by atoms with van der Waals surface area (Å²) in [6.45, 7) is 3.39. The molecule has 0 saturated heterocycles. The molecule has 20 heavy (non-hydrogen) atoms. The molecule has 1 heterocycles. The molecule has 1 aliphatic rings. The van der Waals surface area contributed by atoms with Crippen LogP contribution in [0.5, 0.6) is 0 Å². The van der Waals surface area contributed by atoms with Gasteiger partial charge in [-0.05, 0) is 38.8 Å². The van der Waals surface area contributed by atoms with Crippen molar-refractivity contribution >= 4 is 10.9 Å². The highest BCUT2D eigenvalue weighted by Crippen LogP contribution is 2.32. The van der Waals surface area contributed by atoms with E-state index >= 15 is 0 Å². The van der Waals surface area contributed by atoms with Gasteiger partial charge in [0.2, 0.25) is 0 Å². The number of aromatic nitrogens is 2. The zero-order chi connectivity index (χ0) is 14.1. The van der Waals surface area contributed by atoms with E-state index in [1.807, 2.05) is 32.2 Å². The number of hydrogen-bond acceptors (Lipinski definition) is 4. The lowest BCUT2D eigenvalue weighted by atomic mass is 10.2. The lowest BCUT2D eigenvalue weighted by molar-refractivity contribution is 0.103. The number of hydrogen-bond donors (Lipinski definition) is 1. The summed E-state index contributed by atoms with van der Waals surface area (Å²) in [6, 6.07) is 8.08. The number of aryl methyl sites for hydroxylation is 1. The fraction of sp³-hybridized carbons (Fsp3) is 0.500. The van der Waals surface area contributed by atoms with Crippen LogP contribution in [0.4, 0.5) is 0 Å².